The molecule has 0 spiro atoms. The van der Waals surface area contributed by atoms with E-state index >= 15 is 0 Å². The van der Waals surface area contributed by atoms with Gasteiger partial charge in [0.2, 0.25) is 5.91 Å². The molecule has 0 saturated heterocycles. The number of fused-ring (bicyclic) bond motifs is 1. The lowest BCUT2D eigenvalue weighted by atomic mass is 9.87. The third-order valence-electron chi connectivity index (χ3n) is 4.76. The van der Waals surface area contributed by atoms with Crippen LogP contribution in [0.2, 0.25) is 0 Å². The Balaban J connectivity index is 1.39. The van der Waals surface area contributed by atoms with Gasteiger partial charge in [0.05, 0.1) is 5.69 Å². The first-order valence-electron chi connectivity index (χ1n) is 8.60. The highest BCUT2D eigenvalue weighted by molar-refractivity contribution is 7.15. The van der Waals surface area contributed by atoms with Crippen LogP contribution in [0.4, 0.5) is 5.69 Å². The molecule has 1 N–H and O–H groups in total. The van der Waals surface area contributed by atoms with Gasteiger partial charge in [-0.1, -0.05) is 31.4 Å². The fourth-order valence-corrected chi connectivity index (χ4v) is 4.16. The van der Waals surface area contributed by atoms with Crippen molar-refractivity contribution in [3.63, 3.8) is 0 Å². The summed E-state index contributed by atoms with van der Waals surface area (Å²) in [4.78, 5) is 17.8. The fraction of sp³-hybridized carbons (Fsp3) is 0.368. The van der Waals surface area contributed by atoms with Crippen molar-refractivity contribution in [2.24, 2.45) is 5.92 Å². The van der Waals surface area contributed by atoms with Crippen LogP contribution in [-0.4, -0.2) is 15.3 Å². The number of nitrogens with zero attached hydrogens (tertiary/aromatic N) is 2. The van der Waals surface area contributed by atoms with E-state index in [1.807, 2.05) is 46.4 Å². The Labute approximate surface area is 145 Å². The average molecular weight is 339 g/mol. The fourth-order valence-electron chi connectivity index (χ4n) is 3.46. The zero-order valence-electron chi connectivity index (χ0n) is 13.6. The molecule has 24 heavy (non-hydrogen) atoms. The maximum atomic E-state index is 12.2. The number of anilines is 1. The van der Waals surface area contributed by atoms with Gasteiger partial charge in [0.15, 0.2) is 4.96 Å². The lowest BCUT2D eigenvalue weighted by Crippen LogP contribution is -2.18. The van der Waals surface area contributed by atoms with Crippen LogP contribution in [0, 0.1) is 5.92 Å². The SMILES string of the molecule is O=C(CC1CCCCC1)Nc1ccc(-c2cn3ccsc3n2)cc1. The summed E-state index contributed by atoms with van der Waals surface area (Å²) in [5.74, 6) is 0.702. The molecule has 1 aliphatic carbocycles. The standard InChI is InChI=1S/C19H21N3OS/c23-18(12-14-4-2-1-3-5-14)20-16-8-6-15(7-9-16)17-13-22-10-11-24-19(22)21-17/h6-11,13-14H,1-5,12H2,(H,20,23). The first kappa shape index (κ1) is 15.4. The maximum Gasteiger partial charge on any atom is 0.224 e. The van der Waals surface area contributed by atoms with Crippen LogP contribution in [0.25, 0.3) is 16.2 Å². The summed E-state index contributed by atoms with van der Waals surface area (Å²) in [6, 6.07) is 7.95. The van der Waals surface area contributed by atoms with Gasteiger partial charge in [-0.25, -0.2) is 4.98 Å². The minimum atomic E-state index is 0.136. The maximum absolute atomic E-state index is 12.2. The summed E-state index contributed by atoms with van der Waals surface area (Å²) in [5.41, 5.74) is 2.89. The van der Waals surface area contributed by atoms with Crippen LogP contribution in [0.3, 0.4) is 0 Å². The Kier molecular flexibility index (Phi) is 4.34. The summed E-state index contributed by atoms with van der Waals surface area (Å²) < 4.78 is 2.03. The van der Waals surface area contributed by atoms with Crippen LogP contribution in [0.15, 0.2) is 42.0 Å². The molecule has 1 saturated carbocycles. The molecule has 0 aliphatic heterocycles. The largest absolute Gasteiger partial charge is 0.326 e. The number of benzene rings is 1. The molecule has 2 aromatic heterocycles. The van der Waals surface area contributed by atoms with Crippen molar-refractivity contribution < 1.29 is 4.79 Å². The van der Waals surface area contributed by atoms with Crippen LogP contribution in [0.5, 0.6) is 0 Å². The topological polar surface area (TPSA) is 46.4 Å². The van der Waals surface area contributed by atoms with Crippen molar-refractivity contribution in [2.45, 2.75) is 38.5 Å². The summed E-state index contributed by atoms with van der Waals surface area (Å²) >= 11 is 1.63. The molecular weight excluding hydrogens is 318 g/mol. The molecule has 1 amide bonds. The van der Waals surface area contributed by atoms with Gasteiger partial charge >= 0.3 is 0 Å². The summed E-state index contributed by atoms with van der Waals surface area (Å²) in [6.07, 6.45) is 11.0. The number of carbonyl (C=O) groups excluding carboxylic acids is 1. The third kappa shape index (κ3) is 3.36. The molecule has 4 nitrogen and oxygen atoms in total. The number of thiazole rings is 1. The van der Waals surface area contributed by atoms with Gasteiger partial charge < -0.3 is 5.32 Å². The predicted octanol–water partition coefficient (Wildman–Crippen LogP) is 4.97. The van der Waals surface area contributed by atoms with Gasteiger partial charge in [-0.2, -0.15) is 0 Å². The number of imidazole rings is 1. The summed E-state index contributed by atoms with van der Waals surface area (Å²) in [5, 5.41) is 5.05. The normalized spacial score (nSPS) is 15.7. The van der Waals surface area contributed by atoms with Crippen molar-refractivity contribution in [1.29, 1.82) is 0 Å². The van der Waals surface area contributed by atoms with Crippen molar-refractivity contribution in [2.75, 3.05) is 5.32 Å². The molecule has 5 heteroatoms. The highest BCUT2D eigenvalue weighted by atomic mass is 32.1. The van der Waals surface area contributed by atoms with Gasteiger partial charge in [0, 0.05) is 35.4 Å². The minimum Gasteiger partial charge on any atom is -0.326 e. The van der Waals surface area contributed by atoms with Crippen molar-refractivity contribution in [3.05, 3.63) is 42.0 Å². The second kappa shape index (κ2) is 6.77. The highest BCUT2D eigenvalue weighted by Gasteiger charge is 2.17. The lowest BCUT2D eigenvalue weighted by molar-refractivity contribution is -0.117. The molecule has 124 valence electrons. The van der Waals surface area contributed by atoms with E-state index in [0.717, 1.165) is 21.9 Å². The van der Waals surface area contributed by atoms with Gasteiger partial charge in [-0.05, 0) is 30.9 Å². The second-order valence-electron chi connectivity index (χ2n) is 6.55. The number of aromatic nitrogens is 2. The molecule has 1 fully saturated rings. The van der Waals surface area contributed by atoms with Gasteiger partial charge in [0.25, 0.3) is 0 Å². The molecule has 1 aromatic carbocycles. The van der Waals surface area contributed by atoms with Crippen LogP contribution >= 0.6 is 11.3 Å². The molecule has 0 unspecified atom stereocenters. The van der Waals surface area contributed by atoms with E-state index in [4.69, 9.17) is 0 Å². The van der Waals surface area contributed by atoms with E-state index < -0.39 is 0 Å². The highest BCUT2D eigenvalue weighted by Crippen LogP contribution is 2.27. The Bertz CT molecular complexity index is 799. The van der Waals surface area contributed by atoms with Crippen LogP contribution in [-0.2, 0) is 4.79 Å². The van der Waals surface area contributed by atoms with E-state index in [1.165, 1.54) is 32.1 Å². The van der Waals surface area contributed by atoms with E-state index in [1.54, 1.807) is 11.3 Å². The Morgan fingerprint density at radius 3 is 2.75 bits per heavy atom. The zero-order valence-corrected chi connectivity index (χ0v) is 14.4. The quantitative estimate of drug-likeness (QED) is 0.729. The Morgan fingerprint density at radius 2 is 2.00 bits per heavy atom. The van der Waals surface area contributed by atoms with Crippen molar-refractivity contribution in [3.8, 4) is 11.3 Å². The molecule has 0 bridgehead atoms. The molecule has 0 atom stereocenters. The number of hydrogen-bond donors (Lipinski definition) is 1. The van der Waals surface area contributed by atoms with Crippen LogP contribution in [0.1, 0.15) is 38.5 Å². The lowest BCUT2D eigenvalue weighted by Gasteiger charge is -2.20. The number of nitrogens with one attached hydrogen (secondary N) is 1. The predicted molar refractivity (Wildman–Crippen MR) is 98.3 cm³/mol. The number of hydrogen-bond acceptors (Lipinski definition) is 3. The minimum absolute atomic E-state index is 0.136. The number of rotatable bonds is 4. The van der Waals surface area contributed by atoms with Gasteiger partial charge in [-0.15, -0.1) is 11.3 Å². The molecule has 0 radical (unpaired) electrons. The van der Waals surface area contributed by atoms with E-state index in [-0.39, 0.29) is 5.91 Å². The first-order chi connectivity index (χ1) is 11.8. The smallest absolute Gasteiger partial charge is 0.224 e. The van der Waals surface area contributed by atoms with Gasteiger partial charge in [-0.3, -0.25) is 9.20 Å². The average Bonchev–Trinajstić information content (AvgIpc) is 3.18. The summed E-state index contributed by atoms with van der Waals surface area (Å²) in [6.45, 7) is 0. The first-order valence-corrected chi connectivity index (χ1v) is 9.48. The van der Waals surface area contributed by atoms with Crippen LogP contribution < -0.4 is 5.32 Å². The molecule has 1 aliphatic rings. The molecule has 2 heterocycles. The Morgan fingerprint density at radius 1 is 1.21 bits per heavy atom. The third-order valence-corrected chi connectivity index (χ3v) is 5.53. The van der Waals surface area contributed by atoms with E-state index in [0.29, 0.717) is 12.3 Å². The van der Waals surface area contributed by atoms with Gasteiger partial charge in [0.1, 0.15) is 0 Å². The van der Waals surface area contributed by atoms with Crippen molar-refractivity contribution in [1.82, 2.24) is 9.38 Å². The molecular formula is C19H21N3OS. The number of amides is 1. The van der Waals surface area contributed by atoms with Crippen molar-refractivity contribution >= 4 is 27.9 Å². The molecule has 3 aromatic rings. The summed E-state index contributed by atoms with van der Waals surface area (Å²) in [7, 11) is 0. The number of carbonyl (C=O) groups is 1. The van der Waals surface area contributed by atoms with E-state index in [2.05, 4.69) is 10.3 Å². The second-order valence-corrected chi connectivity index (χ2v) is 7.43. The van der Waals surface area contributed by atoms with E-state index in [9.17, 15) is 4.79 Å². The molecule has 4 rings (SSSR count). The monoisotopic (exact) mass is 339 g/mol. The Hall–Kier alpha value is -2.14. The zero-order chi connectivity index (χ0) is 16.4.